The summed E-state index contributed by atoms with van der Waals surface area (Å²) < 4.78 is 5.49. The van der Waals surface area contributed by atoms with Crippen LogP contribution in [0.2, 0.25) is 15.1 Å². The molecule has 0 aliphatic rings. The zero-order chi connectivity index (χ0) is 16.8. The van der Waals surface area contributed by atoms with Crippen molar-refractivity contribution >= 4 is 46.9 Å². The minimum absolute atomic E-state index is 0.335. The van der Waals surface area contributed by atoms with Gasteiger partial charge in [-0.05, 0) is 42.8 Å². The topological polar surface area (TPSA) is 50.7 Å². The van der Waals surface area contributed by atoms with Crippen molar-refractivity contribution in [2.24, 2.45) is 5.10 Å². The molecule has 120 valence electrons. The van der Waals surface area contributed by atoms with Crippen molar-refractivity contribution in [1.29, 1.82) is 0 Å². The lowest BCUT2D eigenvalue weighted by Gasteiger charge is -2.14. The van der Waals surface area contributed by atoms with E-state index in [0.29, 0.717) is 20.8 Å². The van der Waals surface area contributed by atoms with Crippen LogP contribution in [0.1, 0.15) is 12.5 Å². The van der Waals surface area contributed by atoms with Gasteiger partial charge in [0.2, 0.25) is 0 Å². The molecule has 0 radical (unpaired) electrons. The molecule has 0 aromatic heterocycles. The Kier molecular flexibility index (Phi) is 6.28. The molecule has 1 unspecified atom stereocenters. The van der Waals surface area contributed by atoms with E-state index in [1.165, 1.54) is 6.21 Å². The lowest BCUT2D eigenvalue weighted by molar-refractivity contribution is -0.127. The lowest BCUT2D eigenvalue weighted by Crippen LogP contribution is -2.33. The molecular weight excluding hydrogens is 359 g/mol. The Hall–Kier alpha value is -1.75. The summed E-state index contributed by atoms with van der Waals surface area (Å²) in [4.78, 5) is 11.9. The normalized spacial score (nSPS) is 12.2. The first-order chi connectivity index (χ1) is 11.0. The molecular formula is C16H13Cl3N2O2. The minimum Gasteiger partial charge on any atom is -0.479 e. The third-order valence-corrected chi connectivity index (χ3v) is 3.61. The van der Waals surface area contributed by atoms with Gasteiger partial charge < -0.3 is 4.74 Å². The van der Waals surface area contributed by atoms with Crippen LogP contribution >= 0.6 is 34.8 Å². The highest BCUT2D eigenvalue weighted by atomic mass is 35.5. The molecule has 7 heteroatoms. The molecule has 0 bridgehead atoms. The number of carbonyl (C=O) groups excluding carboxylic acids is 1. The molecule has 1 atom stereocenters. The summed E-state index contributed by atoms with van der Waals surface area (Å²) in [5.41, 5.74) is 3.21. The Morgan fingerprint density at radius 1 is 1.13 bits per heavy atom. The first kappa shape index (κ1) is 17.6. The summed E-state index contributed by atoms with van der Waals surface area (Å²) in [6.07, 6.45) is 0.743. The van der Waals surface area contributed by atoms with Crippen molar-refractivity contribution in [2.75, 3.05) is 0 Å². The van der Waals surface area contributed by atoms with Crippen LogP contribution in [0.4, 0.5) is 0 Å². The second-order valence-electron chi connectivity index (χ2n) is 4.62. The Morgan fingerprint density at radius 3 is 2.43 bits per heavy atom. The number of carbonyl (C=O) groups is 1. The molecule has 0 spiro atoms. The second kappa shape index (κ2) is 8.20. The van der Waals surface area contributed by atoms with Gasteiger partial charge in [-0.3, -0.25) is 4.79 Å². The van der Waals surface area contributed by atoms with Crippen LogP contribution < -0.4 is 10.2 Å². The van der Waals surface area contributed by atoms with E-state index in [4.69, 9.17) is 39.5 Å². The van der Waals surface area contributed by atoms with Crippen molar-refractivity contribution in [3.05, 3.63) is 63.1 Å². The van der Waals surface area contributed by atoms with Gasteiger partial charge in [0, 0.05) is 10.0 Å². The van der Waals surface area contributed by atoms with E-state index < -0.39 is 12.0 Å². The Labute approximate surface area is 149 Å². The van der Waals surface area contributed by atoms with E-state index in [0.717, 1.165) is 5.56 Å². The summed E-state index contributed by atoms with van der Waals surface area (Å²) >= 11 is 17.6. The Morgan fingerprint density at radius 2 is 1.78 bits per heavy atom. The molecule has 0 saturated heterocycles. The van der Waals surface area contributed by atoms with E-state index in [-0.39, 0.29) is 0 Å². The van der Waals surface area contributed by atoms with Crippen molar-refractivity contribution in [1.82, 2.24) is 5.43 Å². The predicted octanol–water partition coefficient (Wildman–Crippen LogP) is 4.56. The zero-order valence-corrected chi connectivity index (χ0v) is 14.4. The Balaban J connectivity index is 1.90. The molecule has 0 heterocycles. The fourth-order valence-electron chi connectivity index (χ4n) is 1.62. The molecule has 2 aromatic rings. The summed E-state index contributed by atoms with van der Waals surface area (Å²) in [5, 5.41) is 5.33. The van der Waals surface area contributed by atoms with Crippen LogP contribution in [0, 0.1) is 0 Å². The lowest BCUT2D eigenvalue weighted by atomic mass is 10.2. The third kappa shape index (κ3) is 5.43. The monoisotopic (exact) mass is 370 g/mol. The molecule has 2 aromatic carbocycles. The van der Waals surface area contributed by atoms with Gasteiger partial charge in [0.05, 0.1) is 11.2 Å². The van der Waals surface area contributed by atoms with Crippen LogP contribution in [0.3, 0.4) is 0 Å². The maximum atomic E-state index is 11.9. The van der Waals surface area contributed by atoms with Crippen LogP contribution in [-0.4, -0.2) is 18.2 Å². The number of nitrogens with one attached hydrogen (secondary N) is 1. The van der Waals surface area contributed by atoms with Gasteiger partial charge in [0.15, 0.2) is 6.10 Å². The van der Waals surface area contributed by atoms with E-state index >= 15 is 0 Å². The smallest absolute Gasteiger partial charge is 0.280 e. The van der Waals surface area contributed by atoms with Crippen molar-refractivity contribution < 1.29 is 9.53 Å². The summed E-state index contributed by atoms with van der Waals surface area (Å²) in [6.45, 7) is 1.60. The number of halogens is 3. The predicted molar refractivity (Wildman–Crippen MR) is 93.7 cm³/mol. The number of ether oxygens (including phenoxy) is 1. The first-order valence-electron chi connectivity index (χ1n) is 6.66. The van der Waals surface area contributed by atoms with Crippen LogP contribution in [0.5, 0.6) is 5.75 Å². The van der Waals surface area contributed by atoms with Crippen LogP contribution in [-0.2, 0) is 4.79 Å². The molecule has 23 heavy (non-hydrogen) atoms. The van der Waals surface area contributed by atoms with Gasteiger partial charge >= 0.3 is 0 Å². The van der Waals surface area contributed by atoms with Crippen molar-refractivity contribution in [3.8, 4) is 5.75 Å². The number of hydrogen-bond acceptors (Lipinski definition) is 3. The highest BCUT2D eigenvalue weighted by molar-refractivity contribution is 6.35. The Bertz CT molecular complexity index is 718. The molecule has 0 fully saturated rings. The number of amides is 1. The van der Waals surface area contributed by atoms with Gasteiger partial charge in [-0.15, -0.1) is 0 Å². The fourth-order valence-corrected chi connectivity index (χ4v) is 2.20. The van der Waals surface area contributed by atoms with Crippen LogP contribution in [0.25, 0.3) is 0 Å². The average molecular weight is 372 g/mol. The quantitative estimate of drug-likeness (QED) is 0.618. The molecule has 1 N–H and O–H groups in total. The number of rotatable bonds is 5. The van der Waals surface area contributed by atoms with Gasteiger partial charge in [0.25, 0.3) is 5.91 Å². The van der Waals surface area contributed by atoms with Crippen LogP contribution in [0.15, 0.2) is 47.6 Å². The van der Waals surface area contributed by atoms with Gasteiger partial charge in [-0.1, -0.05) is 46.9 Å². The van der Waals surface area contributed by atoms with Crippen molar-refractivity contribution in [3.63, 3.8) is 0 Å². The highest BCUT2D eigenvalue weighted by Crippen LogP contribution is 2.28. The molecule has 0 saturated carbocycles. The first-order valence-corrected chi connectivity index (χ1v) is 7.79. The number of hydrazone groups is 1. The number of nitrogens with zero attached hydrogens (tertiary/aromatic N) is 1. The molecule has 4 nitrogen and oxygen atoms in total. The SMILES string of the molecule is CC(Oc1ccc(Cl)cc1Cl)C(=O)NN=Cc1ccc(Cl)cc1. The molecule has 0 aliphatic heterocycles. The highest BCUT2D eigenvalue weighted by Gasteiger charge is 2.15. The standard InChI is InChI=1S/C16H13Cl3N2O2/c1-10(23-15-7-6-13(18)8-14(15)19)16(22)21-20-9-11-2-4-12(17)5-3-11/h2-10H,1H3,(H,21,22). The minimum atomic E-state index is -0.768. The fraction of sp³-hybridized carbons (Fsp3) is 0.125. The van der Waals surface area contributed by atoms with Crippen molar-refractivity contribution in [2.45, 2.75) is 13.0 Å². The maximum absolute atomic E-state index is 11.9. The molecule has 1 amide bonds. The molecule has 0 aliphatic carbocycles. The van der Waals surface area contributed by atoms with E-state index in [9.17, 15) is 4.79 Å². The summed E-state index contributed by atoms with van der Waals surface area (Å²) in [6, 6.07) is 11.8. The largest absolute Gasteiger partial charge is 0.479 e. The molecule has 2 rings (SSSR count). The van der Waals surface area contributed by atoms with E-state index in [2.05, 4.69) is 10.5 Å². The van der Waals surface area contributed by atoms with E-state index in [1.807, 2.05) is 0 Å². The van der Waals surface area contributed by atoms with Gasteiger partial charge in [-0.2, -0.15) is 5.10 Å². The van der Waals surface area contributed by atoms with Gasteiger partial charge in [0.1, 0.15) is 5.75 Å². The number of benzene rings is 2. The summed E-state index contributed by atoms with van der Waals surface area (Å²) in [7, 11) is 0. The second-order valence-corrected chi connectivity index (χ2v) is 5.90. The van der Waals surface area contributed by atoms with Gasteiger partial charge in [-0.25, -0.2) is 5.43 Å². The third-order valence-electron chi connectivity index (χ3n) is 2.83. The van der Waals surface area contributed by atoms with E-state index in [1.54, 1.807) is 49.4 Å². The summed E-state index contributed by atoms with van der Waals surface area (Å²) in [5.74, 6) is -0.0263. The maximum Gasteiger partial charge on any atom is 0.280 e. The zero-order valence-electron chi connectivity index (χ0n) is 12.1. The average Bonchev–Trinajstić information content (AvgIpc) is 2.51. The number of hydrogen-bond donors (Lipinski definition) is 1.